The van der Waals surface area contributed by atoms with Crippen LogP contribution in [0.25, 0.3) is 0 Å². The van der Waals surface area contributed by atoms with Crippen LogP contribution in [0.15, 0.2) is 12.1 Å². The Balaban J connectivity index is 1.70. The summed E-state index contributed by atoms with van der Waals surface area (Å²) >= 11 is 7.48. The van der Waals surface area contributed by atoms with Crippen molar-refractivity contribution < 1.29 is 5.11 Å². The molecule has 1 heterocycles. The van der Waals surface area contributed by atoms with E-state index in [1.807, 2.05) is 6.07 Å². The Bertz CT molecular complexity index is 315. The predicted molar refractivity (Wildman–Crippen MR) is 64.7 cm³/mol. The van der Waals surface area contributed by atoms with Crippen molar-refractivity contribution in [3.05, 3.63) is 21.3 Å². The Morgan fingerprint density at radius 3 is 2.93 bits per heavy atom. The van der Waals surface area contributed by atoms with Gasteiger partial charge >= 0.3 is 0 Å². The van der Waals surface area contributed by atoms with Crippen LogP contribution in [-0.4, -0.2) is 23.8 Å². The van der Waals surface area contributed by atoms with Crippen LogP contribution in [0.3, 0.4) is 0 Å². The smallest absolute Gasteiger partial charge is 0.0931 e. The van der Waals surface area contributed by atoms with Crippen molar-refractivity contribution in [1.82, 2.24) is 5.32 Å². The normalized spacial score (nSPS) is 26.0. The van der Waals surface area contributed by atoms with Gasteiger partial charge in [0.25, 0.3) is 0 Å². The molecule has 1 saturated carbocycles. The van der Waals surface area contributed by atoms with Crippen molar-refractivity contribution in [2.45, 2.75) is 37.8 Å². The van der Waals surface area contributed by atoms with E-state index in [1.54, 1.807) is 11.3 Å². The van der Waals surface area contributed by atoms with Gasteiger partial charge in [0.1, 0.15) is 0 Å². The van der Waals surface area contributed by atoms with Crippen molar-refractivity contribution in [3.63, 3.8) is 0 Å². The van der Waals surface area contributed by atoms with Crippen LogP contribution in [0, 0.1) is 0 Å². The molecule has 2 nitrogen and oxygen atoms in total. The number of hydrogen-bond donors (Lipinski definition) is 2. The van der Waals surface area contributed by atoms with Gasteiger partial charge in [0.05, 0.1) is 10.4 Å². The standard InChI is InChI=1S/C11H16ClNOS/c12-11-5-4-8(15-11)6-7-13-9-2-1-3-10(9)14/h4-5,9-10,13-14H,1-3,6-7H2. The van der Waals surface area contributed by atoms with Crippen molar-refractivity contribution in [3.8, 4) is 0 Å². The number of rotatable bonds is 4. The highest BCUT2D eigenvalue weighted by Crippen LogP contribution is 2.22. The fourth-order valence-corrected chi connectivity index (χ4v) is 3.13. The second-order valence-corrected chi connectivity index (χ2v) is 5.81. The molecule has 84 valence electrons. The van der Waals surface area contributed by atoms with Crippen LogP contribution < -0.4 is 5.32 Å². The van der Waals surface area contributed by atoms with Crippen LogP contribution in [0.2, 0.25) is 4.34 Å². The molecule has 0 amide bonds. The zero-order valence-electron chi connectivity index (χ0n) is 8.58. The fraction of sp³-hybridized carbons (Fsp3) is 0.636. The van der Waals surface area contributed by atoms with Crippen molar-refractivity contribution in [2.24, 2.45) is 0 Å². The molecular weight excluding hydrogens is 230 g/mol. The molecule has 2 N–H and O–H groups in total. The first-order valence-corrected chi connectivity index (χ1v) is 6.61. The highest BCUT2D eigenvalue weighted by atomic mass is 35.5. The first-order valence-electron chi connectivity index (χ1n) is 5.41. The lowest BCUT2D eigenvalue weighted by molar-refractivity contribution is 0.149. The van der Waals surface area contributed by atoms with Gasteiger partial charge in [-0.3, -0.25) is 0 Å². The third-order valence-corrected chi connectivity index (χ3v) is 4.18. The molecule has 0 saturated heterocycles. The zero-order chi connectivity index (χ0) is 10.7. The summed E-state index contributed by atoms with van der Waals surface area (Å²) in [7, 11) is 0. The molecule has 2 unspecified atom stereocenters. The second-order valence-electron chi connectivity index (χ2n) is 4.01. The fourth-order valence-electron chi connectivity index (χ4n) is 2.05. The summed E-state index contributed by atoms with van der Waals surface area (Å²) in [6, 6.07) is 4.31. The molecule has 0 bridgehead atoms. The Morgan fingerprint density at radius 1 is 1.47 bits per heavy atom. The van der Waals surface area contributed by atoms with Gasteiger partial charge in [0, 0.05) is 17.5 Å². The SMILES string of the molecule is OC1CCCC1NCCc1ccc(Cl)s1. The predicted octanol–water partition coefficient (Wildman–Crippen LogP) is 2.45. The molecule has 15 heavy (non-hydrogen) atoms. The minimum Gasteiger partial charge on any atom is -0.392 e. The topological polar surface area (TPSA) is 32.3 Å². The summed E-state index contributed by atoms with van der Waals surface area (Å²) in [6.07, 6.45) is 4.05. The van der Waals surface area contributed by atoms with E-state index in [1.165, 1.54) is 4.88 Å². The van der Waals surface area contributed by atoms with Gasteiger partial charge in [-0.15, -0.1) is 11.3 Å². The third-order valence-electron chi connectivity index (χ3n) is 2.89. The molecule has 2 atom stereocenters. The highest BCUT2D eigenvalue weighted by molar-refractivity contribution is 7.16. The number of hydrogen-bond acceptors (Lipinski definition) is 3. The lowest BCUT2D eigenvalue weighted by atomic mass is 10.2. The molecule has 0 aromatic carbocycles. The van der Waals surface area contributed by atoms with E-state index in [0.29, 0.717) is 6.04 Å². The van der Waals surface area contributed by atoms with Gasteiger partial charge < -0.3 is 10.4 Å². The summed E-state index contributed by atoms with van der Waals surface area (Å²) in [5, 5.41) is 13.0. The third kappa shape index (κ3) is 3.18. The van der Waals surface area contributed by atoms with E-state index in [9.17, 15) is 5.11 Å². The molecule has 1 aromatic rings. The maximum Gasteiger partial charge on any atom is 0.0931 e. The van der Waals surface area contributed by atoms with Gasteiger partial charge in [-0.05, 0) is 37.8 Å². The molecule has 1 aromatic heterocycles. The largest absolute Gasteiger partial charge is 0.392 e. The lowest BCUT2D eigenvalue weighted by Gasteiger charge is -2.15. The first kappa shape index (κ1) is 11.4. The number of thiophene rings is 1. The molecule has 1 aliphatic carbocycles. The number of aliphatic hydroxyl groups is 1. The zero-order valence-corrected chi connectivity index (χ0v) is 10.2. The van der Waals surface area contributed by atoms with E-state index >= 15 is 0 Å². The monoisotopic (exact) mass is 245 g/mol. The van der Waals surface area contributed by atoms with E-state index < -0.39 is 0 Å². The van der Waals surface area contributed by atoms with Crippen LogP contribution in [0.1, 0.15) is 24.1 Å². The molecule has 0 spiro atoms. The summed E-state index contributed by atoms with van der Waals surface area (Å²) in [6.45, 7) is 0.929. The van der Waals surface area contributed by atoms with Gasteiger partial charge in [-0.2, -0.15) is 0 Å². The minimum atomic E-state index is -0.142. The van der Waals surface area contributed by atoms with Crippen molar-refractivity contribution >= 4 is 22.9 Å². The van der Waals surface area contributed by atoms with Crippen LogP contribution in [0.5, 0.6) is 0 Å². The molecule has 4 heteroatoms. The minimum absolute atomic E-state index is 0.142. The van der Waals surface area contributed by atoms with E-state index in [2.05, 4.69) is 11.4 Å². The van der Waals surface area contributed by atoms with Gasteiger partial charge in [0.2, 0.25) is 0 Å². The first-order chi connectivity index (χ1) is 7.25. The molecule has 0 aliphatic heterocycles. The molecule has 0 radical (unpaired) electrons. The van der Waals surface area contributed by atoms with Crippen LogP contribution in [-0.2, 0) is 6.42 Å². The lowest BCUT2D eigenvalue weighted by Crippen LogP contribution is -2.36. The average Bonchev–Trinajstić information content (AvgIpc) is 2.77. The Labute approximate surface area is 99.3 Å². The molecule has 1 fully saturated rings. The molecular formula is C11H16ClNOS. The number of aliphatic hydroxyl groups excluding tert-OH is 1. The Kier molecular flexibility index (Phi) is 4.03. The van der Waals surface area contributed by atoms with E-state index in [-0.39, 0.29) is 6.10 Å². The number of halogens is 1. The Hall–Kier alpha value is -0.0900. The second kappa shape index (κ2) is 5.30. The van der Waals surface area contributed by atoms with Gasteiger partial charge in [0.15, 0.2) is 0 Å². The van der Waals surface area contributed by atoms with Crippen LogP contribution >= 0.6 is 22.9 Å². The van der Waals surface area contributed by atoms with E-state index in [0.717, 1.165) is 36.6 Å². The van der Waals surface area contributed by atoms with Gasteiger partial charge in [-0.25, -0.2) is 0 Å². The van der Waals surface area contributed by atoms with Crippen LogP contribution in [0.4, 0.5) is 0 Å². The average molecular weight is 246 g/mol. The summed E-state index contributed by atoms with van der Waals surface area (Å²) in [4.78, 5) is 1.31. The highest BCUT2D eigenvalue weighted by Gasteiger charge is 2.23. The van der Waals surface area contributed by atoms with Crippen molar-refractivity contribution in [1.29, 1.82) is 0 Å². The van der Waals surface area contributed by atoms with Crippen molar-refractivity contribution in [2.75, 3.05) is 6.54 Å². The summed E-state index contributed by atoms with van der Waals surface area (Å²) in [5.74, 6) is 0. The molecule has 2 rings (SSSR count). The van der Waals surface area contributed by atoms with Gasteiger partial charge in [-0.1, -0.05) is 11.6 Å². The van der Waals surface area contributed by atoms with E-state index in [4.69, 9.17) is 11.6 Å². The Morgan fingerprint density at radius 2 is 2.33 bits per heavy atom. The summed E-state index contributed by atoms with van der Waals surface area (Å²) in [5.41, 5.74) is 0. The quantitative estimate of drug-likeness (QED) is 0.854. The number of nitrogens with one attached hydrogen (secondary N) is 1. The molecule has 1 aliphatic rings. The maximum absolute atomic E-state index is 9.61. The maximum atomic E-state index is 9.61. The summed E-state index contributed by atoms with van der Waals surface area (Å²) < 4.78 is 0.853.